The fourth-order valence-electron chi connectivity index (χ4n) is 1.26. The topological polar surface area (TPSA) is 53.2 Å². The van der Waals surface area contributed by atoms with E-state index >= 15 is 0 Å². The molecule has 0 bridgehead atoms. The smallest absolute Gasteiger partial charge is 0.315 e. The Hall–Kier alpha value is -1.58. The van der Waals surface area contributed by atoms with Crippen LogP contribution in [0.25, 0.3) is 0 Å². The van der Waals surface area contributed by atoms with Crippen molar-refractivity contribution in [2.45, 2.75) is 26.2 Å². The number of esters is 1. The molecular weight excluding hydrogens is 194 g/mol. The molecule has 0 saturated heterocycles. The lowest BCUT2D eigenvalue weighted by Crippen LogP contribution is -2.33. The summed E-state index contributed by atoms with van der Waals surface area (Å²) in [5.74, 6) is -0.284. The summed E-state index contributed by atoms with van der Waals surface area (Å²) in [5, 5.41) is 10.8. The number of nitrogens with zero attached hydrogens (tertiary/aromatic N) is 1. The van der Waals surface area contributed by atoms with Gasteiger partial charge in [-0.15, -0.1) is 0 Å². The Morgan fingerprint density at radius 2 is 2.00 bits per heavy atom. The van der Waals surface area contributed by atoms with Crippen molar-refractivity contribution < 1.29 is 14.3 Å². The summed E-state index contributed by atoms with van der Waals surface area (Å²) in [6.45, 7) is 5.67. The number of pyridine rings is 1. The van der Waals surface area contributed by atoms with Crippen molar-refractivity contribution in [3.63, 3.8) is 0 Å². The van der Waals surface area contributed by atoms with E-state index in [1.807, 2.05) is 0 Å². The van der Waals surface area contributed by atoms with Gasteiger partial charge in [-0.05, 0) is 26.3 Å². The Morgan fingerprint density at radius 1 is 1.47 bits per heavy atom. The number of rotatable bonds is 3. The number of carbonyl (C=O) groups is 1. The first-order valence-corrected chi connectivity index (χ1v) is 4.85. The van der Waals surface area contributed by atoms with Gasteiger partial charge in [0.25, 0.3) is 0 Å². The third kappa shape index (κ3) is 2.46. The molecule has 0 amide bonds. The van der Waals surface area contributed by atoms with Gasteiger partial charge < -0.3 is 9.94 Å². The van der Waals surface area contributed by atoms with E-state index in [1.165, 1.54) is 12.4 Å². The van der Waals surface area contributed by atoms with Crippen molar-refractivity contribution >= 4 is 5.97 Å². The lowest BCUT2D eigenvalue weighted by Gasteiger charge is -2.22. The molecule has 4 nitrogen and oxygen atoms in total. The Kier molecular flexibility index (Phi) is 3.29. The van der Waals surface area contributed by atoms with Gasteiger partial charge in [0.05, 0.1) is 12.0 Å². The van der Waals surface area contributed by atoms with Crippen molar-refractivity contribution in [1.29, 1.82) is 0 Å². The number of carbonyl (C=O) groups excluding carboxylic acids is 1. The van der Waals surface area contributed by atoms with E-state index in [2.05, 4.69) is 0 Å². The van der Waals surface area contributed by atoms with Crippen molar-refractivity contribution in [2.24, 2.45) is 0 Å². The quantitative estimate of drug-likeness (QED) is 0.426. The van der Waals surface area contributed by atoms with Crippen LogP contribution in [0.5, 0.6) is 0 Å². The minimum absolute atomic E-state index is 0.284. The largest absolute Gasteiger partial charge is 0.619 e. The molecular formula is C11H15NO3. The van der Waals surface area contributed by atoms with Crippen molar-refractivity contribution in [1.82, 2.24) is 0 Å². The highest BCUT2D eigenvalue weighted by Crippen LogP contribution is 2.23. The predicted molar refractivity (Wildman–Crippen MR) is 55.1 cm³/mol. The molecule has 1 aromatic rings. The summed E-state index contributed by atoms with van der Waals surface area (Å²) in [7, 11) is 0. The fraction of sp³-hybridized carbons (Fsp3) is 0.455. The summed E-state index contributed by atoms with van der Waals surface area (Å²) in [6, 6.07) is 3.26. The average molecular weight is 209 g/mol. The molecule has 0 aliphatic rings. The summed E-state index contributed by atoms with van der Waals surface area (Å²) in [6.07, 6.45) is 2.74. The van der Waals surface area contributed by atoms with Crippen LogP contribution in [0.3, 0.4) is 0 Å². The minimum Gasteiger partial charge on any atom is -0.619 e. The minimum atomic E-state index is -0.718. The van der Waals surface area contributed by atoms with Gasteiger partial charge in [0.1, 0.15) is 0 Å². The Labute approximate surface area is 89.1 Å². The first-order valence-electron chi connectivity index (χ1n) is 4.85. The van der Waals surface area contributed by atoms with Crippen LogP contribution in [-0.4, -0.2) is 12.6 Å². The van der Waals surface area contributed by atoms with E-state index in [9.17, 15) is 10.0 Å². The Morgan fingerprint density at radius 3 is 2.47 bits per heavy atom. The third-order valence-corrected chi connectivity index (χ3v) is 2.31. The SMILES string of the molecule is CCOC(=O)C(C)(C)c1cc[n+]([O-])cc1. The molecule has 0 aromatic carbocycles. The lowest BCUT2D eigenvalue weighted by molar-refractivity contribution is -0.605. The number of aromatic nitrogens is 1. The van der Waals surface area contributed by atoms with Crippen LogP contribution < -0.4 is 4.73 Å². The van der Waals surface area contributed by atoms with Gasteiger partial charge in [-0.3, -0.25) is 4.79 Å². The molecule has 0 spiro atoms. The third-order valence-electron chi connectivity index (χ3n) is 2.31. The normalized spacial score (nSPS) is 11.1. The zero-order valence-corrected chi connectivity index (χ0v) is 9.19. The molecule has 82 valence electrons. The zero-order valence-electron chi connectivity index (χ0n) is 9.19. The highest BCUT2D eigenvalue weighted by Gasteiger charge is 2.31. The average Bonchev–Trinajstić information content (AvgIpc) is 2.18. The molecule has 1 rings (SSSR count). The Bertz CT molecular complexity index is 343. The highest BCUT2D eigenvalue weighted by molar-refractivity contribution is 5.82. The standard InChI is InChI=1S/C11H15NO3/c1-4-15-10(13)11(2,3)9-5-7-12(14)8-6-9/h5-8H,4H2,1-3H3. The maximum absolute atomic E-state index is 11.6. The number of hydrogen-bond acceptors (Lipinski definition) is 3. The molecule has 15 heavy (non-hydrogen) atoms. The summed E-state index contributed by atoms with van der Waals surface area (Å²) in [5.41, 5.74) is 0.0534. The number of ether oxygens (including phenoxy) is 1. The van der Waals surface area contributed by atoms with E-state index in [-0.39, 0.29) is 5.97 Å². The predicted octanol–water partition coefficient (Wildman–Crippen LogP) is 1.16. The van der Waals surface area contributed by atoms with Crippen LogP contribution in [0.15, 0.2) is 24.5 Å². The first-order chi connectivity index (χ1) is 6.98. The molecule has 0 atom stereocenters. The van der Waals surface area contributed by atoms with Gasteiger partial charge in [0, 0.05) is 12.1 Å². The monoisotopic (exact) mass is 209 g/mol. The highest BCUT2D eigenvalue weighted by atomic mass is 16.5. The molecule has 0 radical (unpaired) electrons. The number of hydrogen-bond donors (Lipinski definition) is 0. The van der Waals surface area contributed by atoms with Gasteiger partial charge in [0.2, 0.25) is 0 Å². The van der Waals surface area contributed by atoms with Crippen LogP contribution in [-0.2, 0) is 14.9 Å². The van der Waals surface area contributed by atoms with E-state index in [1.54, 1.807) is 32.9 Å². The first kappa shape index (κ1) is 11.5. The summed E-state index contributed by atoms with van der Waals surface area (Å²) < 4.78 is 5.65. The van der Waals surface area contributed by atoms with Crippen LogP contribution in [0.4, 0.5) is 0 Å². The van der Waals surface area contributed by atoms with Crippen LogP contribution in [0.2, 0.25) is 0 Å². The summed E-state index contributed by atoms with van der Waals surface area (Å²) >= 11 is 0. The maximum Gasteiger partial charge on any atom is 0.315 e. The fourth-order valence-corrected chi connectivity index (χ4v) is 1.26. The van der Waals surface area contributed by atoms with Gasteiger partial charge in [-0.1, -0.05) is 0 Å². The maximum atomic E-state index is 11.6. The molecule has 0 saturated carbocycles. The van der Waals surface area contributed by atoms with Gasteiger partial charge in [-0.2, -0.15) is 4.73 Å². The molecule has 0 fully saturated rings. The van der Waals surface area contributed by atoms with E-state index < -0.39 is 5.41 Å². The molecule has 0 N–H and O–H groups in total. The molecule has 1 aromatic heterocycles. The molecule has 1 heterocycles. The molecule has 0 unspecified atom stereocenters. The van der Waals surface area contributed by atoms with Gasteiger partial charge in [-0.25, -0.2) is 0 Å². The second-order valence-electron chi connectivity index (χ2n) is 3.79. The summed E-state index contributed by atoms with van der Waals surface area (Å²) in [4.78, 5) is 11.6. The van der Waals surface area contributed by atoms with Gasteiger partial charge >= 0.3 is 5.97 Å². The van der Waals surface area contributed by atoms with Crippen LogP contribution >= 0.6 is 0 Å². The zero-order chi connectivity index (χ0) is 11.5. The van der Waals surface area contributed by atoms with Crippen molar-refractivity contribution in [3.05, 3.63) is 35.3 Å². The van der Waals surface area contributed by atoms with E-state index in [4.69, 9.17) is 4.74 Å². The second kappa shape index (κ2) is 4.29. The molecule has 0 aliphatic carbocycles. The van der Waals surface area contributed by atoms with Crippen molar-refractivity contribution in [2.75, 3.05) is 6.61 Å². The Balaban J connectivity index is 2.94. The van der Waals surface area contributed by atoms with Crippen LogP contribution in [0, 0.1) is 5.21 Å². The van der Waals surface area contributed by atoms with E-state index in [0.717, 1.165) is 5.56 Å². The second-order valence-corrected chi connectivity index (χ2v) is 3.79. The van der Waals surface area contributed by atoms with Crippen molar-refractivity contribution in [3.8, 4) is 0 Å². The van der Waals surface area contributed by atoms with Crippen LogP contribution in [0.1, 0.15) is 26.3 Å². The van der Waals surface area contributed by atoms with E-state index in [0.29, 0.717) is 11.3 Å². The van der Waals surface area contributed by atoms with Gasteiger partial charge in [0.15, 0.2) is 12.4 Å². The molecule has 0 aliphatic heterocycles. The lowest BCUT2D eigenvalue weighted by atomic mass is 9.85. The molecule has 4 heteroatoms.